The fourth-order valence-electron chi connectivity index (χ4n) is 2.68. The Bertz CT molecular complexity index is 1110. The van der Waals surface area contributed by atoms with Crippen molar-refractivity contribution in [1.29, 1.82) is 0 Å². The minimum atomic E-state index is -4.64. The average molecular weight is 480 g/mol. The maximum atomic E-state index is 13.8. The van der Waals surface area contributed by atoms with E-state index in [-0.39, 0.29) is 35.5 Å². The second kappa shape index (κ2) is 10.9. The molecule has 182 valence electrons. The number of amides is 1. The highest BCUT2D eigenvalue weighted by Gasteiger charge is 2.31. The van der Waals surface area contributed by atoms with Gasteiger partial charge in [-0.15, -0.1) is 0 Å². The van der Waals surface area contributed by atoms with Gasteiger partial charge in [0.2, 0.25) is 0 Å². The van der Waals surface area contributed by atoms with E-state index in [1.807, 2.05) is 0 Å². The number of alkyl carbamates (subject to hydrolysis) is 1. The Morgan fingerprint density at radius 1 is 1.03 bits per heavy atom. The molecule has 2 rings (SSSR count). The molecule has 2 aromatic carbocycles. The molecular weight excluding hydrogens is 456 g/mol. The van der Waals surface area contributed by atoms with Crippen LogP contribution in [-0.2, 0) is 15.7 Å². The highest BCUT2D eigenvalue weighted by atomic mass is 19.4. The van der Waals surface area contributed by atoms with Gasteiger partial charge in [-0.3, -0.25) is 0 Å². The first kappa shape index (κ1) is 26.5. The number of anilines is 2. The van der Waals surface area contributed by atoms with Crippen molar-refractivity contribution in [2.24, 2.45) is 0 Å². The molecule has 1 amide bonds. The molecule has 0 radical (unpaired) electrons. The Labute approximate surface area is 194 Å². The zero-order valence-corrected chi connectivity index (χ0v) is 19.0. The number of methoxy groups -OCH3 is 1. The predicted molar refractivity (Wildman–Crippen MR) is 118 cm³/mol. The minimum Gasteiger partial charge on any atom is -0.465 e. The summed E-state index contributed by atoms with van der Waals surface area (Å²) < 4.78 is 63.1. The number of esters is 1. The van der Waals surface area contributed by atoms with Crippen molar-refractivity contribution >= 4 is 23.4 Å². The number of carbonyl (C=O) groups is 2. The van der Waals surface area contributed by atoms with Gasteiger partial charge in [-0.1, -0.05) is 11.8 Å². The molecule has 0 atom stereocenters. The zero-order valence-electron chi connectivity index (χ0n) is 19.0. The van der Waals surface area contributed by atoms with Crippen molar-refractivity contribution in [2.75, 3.05) is 19.0 Å². The molecule has 34 heavy (non-hydrogen) atoms. The van der Waals surface area contributed by atoms with E-state index in [1.54, 1.807) is 20.8 Å². The van der Waals surface area contributed by atoms with Crippen molar-refractivity contribution < 1.29 is 36.6 Å². The lowest BCUT2D eigenvalue weighted by Gasteiger charge is -2.19. The van der Waals surface area contributed by atoms with Gasteiger partial charge in [0.1, 0.15) is 11.4 Å². The Balaban J connectivity index is 2.25. The van der Waals surface area contributed by atoms with Crippen LogP contribution in [0.4, 0.5) is 33.7 Å². The van der Waals surface area contributed by atoms with Crippen LogP contribution in [0.25, 0.3) is 0 Å². The monoisotopic (exact) mass is 480 g/mol. The lowest BCUT2D eigenvalue weighted by atomic mass is 10.1. The third kappa shape index (κ3) is 7.99. The van der Waals surface area contributed by atoms with Crippen LogP contribution in [0.1, 0.15) is 48.7 Å². The number of halogens is 4. The number of alkyl halides is 3. The van der Waals surface area contributed by atoms with Crippen molar-refractivity contribution in [3.8, 4) is 11.8 Å². The maximum absolute atomic E-state index is 13.8. The van der Waals surface area contributed by atoms with Crippen molar-refractivity contribution in [2.45, 2.75) is 39.0 Å². The zero-order chi connectivity index (χ0) is 25.5. The lowest BCUT2D eigenvalue weighted by molar-refractivity contribution is -0.137. The number of ether oxygens (including phenoxy) is 2. The van der Waals surface area contributed by atoms with Crippen molar-refractivity contribution in [3.63, 3.8) is 0 Å². The fraction of sp³-hybridized carbons (Fsp3) is 0.333. The van der Waals surface area contributed by atoms with Gasteiger partial charge in [-0.25, -0.2) is 14.0 Å². The van der Waals surface area contributed by atoms with Crippen molar-refractivity contribution in [3.05, 3.63) is 58.9 Å². The molecule has 0 spiro atoms. The molecule has 0 heterocycles. The molecule has 0 unspecified atom stereocenters. The molecule has 2 N–H and O–H groups in total. The summed E-state index contributed by atoms with van der Waals surface area (Å²) in [5, 5.41) is 5.25. The largest absolute Gasteiger partial charge is 0.465 e. The van der Waals surface area contributed by atoms with Crippen LogP contribution >= 0.6 is 0 Å². The van der Waals surface area contributed by atoms with Gasteiger partial charge in [0.25, 0.3) is 0 Å². The molecule has 0 aliphatic heterocycles. The van der Waals surface area contributed by atoms with E-state index >= 15 is 0 Å². The molecule has 0 saturated carbocycles. The molecule has 0 aliphatic carbocycles. The van der Waals surface area contributed by atoms with Gasteiger partial charge >= 0.3 is 18.2 Å². The van der Waals surface area contributed by atoms with Crippen LogP contribution in [0, 0.1) is 17.7 Å². The number of nitrogens with one attached hydrogen (secondary N) is 2. The van der Waals surface area contributed by atoms with E-state index in [9.17, 15) is 27.2 Å². The molecule has 6 nitrogen and oxygen atoms in total. The molecule has 2 aromatic rings. The summed E-state index contributed by atoms with van der Waals surface area (Å²) in [5.74, 6) is 4.02. The summed E-state index contributed by atoms with van der Waals surface area (Å²) in [6.45, 7) is 5.34. The first-order chi connectivity index (χ1) is 15.8. The van der Waals surface area contributed by atoms with E-state index in [4.69, 9.17) is 4.74 Å². The lowest BCUT2D eigenvalue weighted by Crippen LogP contribution is -2.32. The molecule has 0 aromatic heterocycles. The number of carbonyl (C=O) groups excluding carboxylic acids is 2. The first-order valence-electron chi connectivity index (χ1n) is 10.1. The van der Waals surface area contributed by atoms with Crippen LogP contribution in [-0.4, -0.2) is 31.3 Å². The van der Waals surface area contributed by atoms with Crippen LogP contribution in [0.3, 0.4) is 0 Å². The number of rotatable bonds is 5. The molecular formula is C24H24F4N2O4. The van der Waals surface area contributed by atoms with Crippen LogP contribution in [0.5, 0.6) is 0 Å². The van der Waals surface area contributed by atoms with E-state index in [1.165, 1.54) is 6.07 Å². The topological polar surface area (TPSA) is 76.7 Å². The summed E-state index contributed by atoms with van der Waals surface area (Å²) in [6.07, 6.45) is -5.05. The Kier molecular flexibility index (Phi) is 8.51. The highest BCUT2D eigenvalue weighted by Crippen LogP contribution is 2.34. The molecule has 0 saturated heterocycles. The van der Waals surface area contributed by atoms with Gasteiger partial charge in [0, 0.05) is 13.0 Å². The molecule has 10 heteroatoms. The second-order valence-electron chi connectivity index (χ2n) is 8.05. The second-order valence-corrected chi connectivity index (χ2v) is 8.05. The van der Waals surface area contributed by atoms with Crippen LogP contribution in [0.15, 0.2) is 36.4 Å². The molecule has 0 fully saturated rings. The van der Waals surface area contributed by atoms with Crippen LogP contribution in [0.2, 0.25) is 0 Å². The van der Waals surface area contributed by atoms with Crippen LogP contribution < -0.4 is 10.6 Å². The molecule has 0 bridgehead atoms. The quantitative estimate of drug-likeness (QED) is 0.251. The summed E-state index contributed by atoms with van der Waals surface area (Å²) in [6, 6.07) is 6.01. The van der Waals surface area contributed by atoms with E-state index in [2.05, 4.69) is 27.2 Å². The Morgan fingerprint density at radius 2 is 1.74 bits per heavy atom. The maximum Gasteiger partial charge on any atom is 0.416 e. The molecule has 0 aliphatic rings. The third-order valence-corrected chi connectivity index (χ3v) is 4.14. The number of hydrogen-bond donors (Lipinski definition) is 2. The minimum absolute atomic E-state index is 0.139. The summed E-state index contributed by atoms with van der Waals surface area (Å²) in [7, 11) is 1.10. The van der Waals surface area contributed by atoms with Gasteiger partial charge in [-0.2, -0.15) is 13.2 Å². The van der Waals surface area contributed by atoms with Gasteiger partial charge in [-0.05, 0) is 57.2 Å². The third-order valence-electron chi connectivity index (χ3n) is 4.14. The summed E-state index contributed by atoms with van der Waals surface area (Å²) in [4.78, 5) is 23.7. The summed E-state index contributed by atoms with van der Waals surface area (Å²) >= 11 is 0. The fourth-order valence-corrected chi connectivity index (χ4v) is 2.68. The Morgan fingerprint density at radius 3 is 2.35 bits per heavy atom. The van der Waals surface area contributed by atoms with Gasteiger partial charge in [0.15, 0.2) is 0 Å². The highest BCUT2D eigenvalue weighted by molar-refractivity contribution is 5.97. The SMILES string of the molecule is COC(=O)c1ccc(C(F)(F)F)cc1Nc1ccc(F)cc1C#CCCNC(=O)OC(C)(C)C. The summed E-state index contributed by atoms with van der Waals surface area (Å²) in [5.41, 5.74) is -1.62. The van der Waals surface area contributed by atoms with Gasteiger partial charge < -0.3 is 20.1 Å². The van der Waals surface area contributed by atoms with Crippen molar-refractivity contribution in [1.82, 2.24) is 5.32 Å². The van der Waals surface area contributed by atoms with Gasteiger partial charge in [0.05, 0.1) is 35.2 Å². The van der Waals surface area contributed by atoms with E-state index in [0.717, 1.165) is 37.4 Å². The van der Waals surface area contributed by atoms with E-state index < -0.39 is 35.2 Å². The average Bonchev–Trinajstić information content (AvgIpc) is 2.72. The predicted octanol–water partition coefficient (Wildman–Crippen LogP) is 5.64. The number of hydrogen-bond acceptors (Lipinski definition) is 5. The number of benzene rings is 2. The Hall–Kier alpha value is -3.74. The van der Waals surface area contributed by atoms with E-state index in [0.29, 0.717) is 0 Å². The normalized spacial score (nSPS) is 11.2. The smallest absolute Gasteiger partial charge is 0.416 e. The standard InChI is InChI=1S/C24H24F4N2O4/c1-23(2,3)34-22(32)29-12-6-5-7-15-13-17(25)9-11-19(15)30-20-14-16(24(26,27)28)8-10-18(20)21(31)33-4/h8-11,13-14,30H,6,12H2,1-4H3,(H,29,32). The first-order valence-corrected chi connectivity index (χ1v) is 10.1.